The molecule has 2 heteroatoms. The molecule has 0 aliphatic carbocycles. The minimum Gasteiger partial charge on any atom is -0.388 e. The third kappa shape index (κ3) is 3.85. The molecule has 0 amide bonds. The number of benzene rings is 2. The fourth-order valence-corrected chi connectivity index (χ4v) is 2.84. The van der Waals surface area contributed by atoms with Crippen LogP contribution in [0.1, 0.15) is 29.7 Å². The predicted molar refractivity (Wildman–Crippen MR) is 89.8 cm³/mol. The van der Waals surface area contributed by atoms with Gasteiger partial charge in [0, 0.05) is 25.2 Å². The largest absolute Gasteiger partial charge is 0.388 e. The van der Waals surface area contributed by atoms with E-state index in [4.69, 9.17) is 0 Å². The van der Waals surface area contributed by atoms with Gasteiger partial charge >= 0.3 is 0 Å². The Morgan fingerprint density at radius 3 is 2.33 bits per heavy atom. The first kappa shape index (κ1) is 15.6. The fraction of sp³-hybridized carbons (Fsp3) is 0.368. The first-order chi connectivity index (χ1) is 9.99. The lowest BCUT2D eigenvalue weighted by Gasteiger charge is -2.28. The number of nitrogens with zero attached hydrogens (tertiary/aromatic N) is 1. The molecule has 2 aromatic carbocycles. The van der Waals surface area contributed by atoms with Crippen molar-refractivity contribution in [2.45, 2.75) is 26.9 Å². The molecule has 0 bridgehead atoms. The van der Waals surface area contributed by atoms with Crippen LogP contribution in [0.25, 0.3) is 0 Å². The highest BCUT2D eigenvalue weighted by Gasteiger charge is 2.18. The molecule has 2 nitrogen and oxygen atoms in total. The summed E-state index contributed by atoms with van der Waals surface area (Å²) in [4.78, 5) is 2.23. The lowest BCUT2D eigenvalue weighted by atomic mass is 9.96. The van der Waals surface area contributed by atoms with Gasteiger partial charge in [-0.1, -0.05) is 55.0 Å². The van der Waals surface area contributed by atoms with Crippen LogP contribution in [-0.2, 0) is 0 Å². The van der Waals surface area contributed by atoms with E-state index in [0.717, 1.165) is 12.1 Å². The van der Waals surface area contributed by atoms with Gasteiger partial charge in [0.25, 0.3) is 0 Å². The summed E-state index contributed by atoms with van der Waals surface area (Å²) in [5.41, 5.74) is 4.77. The van der Waals surface area contributed by atoms with Gasteiger partial charge in [-0.2, -0.15) is 0 Å². The number of hydrogen-bond donors (Lipinski definition) is 1. The summed E-state index contributed by atoms with van der Waals surface area (Å²) < 4.78 is 0. The molecular weight excluding hydrogens is 258 g/mol. The van der Waals surface area contributed by atoms with Crippen molar-refractivity contribution in [3.8, 4) is 0 Å². The fourth-order valence-electron chi connectivity index (χ4n) is 2.84. The van der Waals surface area contributed by atoms with Crippen molar-refractivity contribution in [3.05, 3.63) is 65.2 Å². The monoisotopic (exact) mass is 283 g/mol. The minimum absolute atomic E-state index is 0.165. The second-order valence-electron chi connectivity index (χ2n) is 6.00. The van der Waals surface area contributed by atoms with Gasteiger partial charge < -0.3 is 10.0 Å². The van der Waals surface area contributed by atoms with Gasteiger partial charge in [-0.05, 0) is 31.0 Å². The Morgan fingerprint density at radius 2 is 1.71 bits per heavy atom. The second-order valence-corrected chi connectivity index (χ2v) is 6.00. The van der Waals surface area contributed by atoms with Gasteiger partial charge in [0.15, 0.2) is 0 Å². The number of hydrogen-bond acceptors (Lipinski definition) is 2. The quantitative estimate of drug-likeness (QED) is 0.892. The number of aliphatic hydroxyl groups excluding tert-OH is 1. The van der Waals surface area contributed by atoms with E-state index in [0.29, 0.717) is 0 Å². The number of rotatable bonds is 5. The molecule has 2 rings (SSSR count). The van der Waals surface area contributed by atoms with Crippen molar-refractivity contribution in [3.63, 3.8) is 0 Å². The Labute approximate surface area is 128 Å². The summed E-state index contributed by atoms with van der Waals surface area (Å²) in [6, 6.07) is 16.4. The Morgan fingerprint density at radius 1 is 1.05 bits per heavy atom. The van der Waals surface area contributed by atoms with Crippen LogP contribution in [0.5, 0.6) is 0 Å². The van der Waals surface area contributed by atoms with Crippen molar-refractivity contribution in [1.29, 1.82) is 0 Å². The first-order valence-electron chi connectivity index (χ1n) is 7.50. The van der Waals surface area contributed by atoms with Gasteiger partial charge in [0.05, 0.1) is 6.10 Å². The van der Waals surface area contributed by atoms with E-state index < -0.39 is 6.10 Å². The molecule has 0 aliphatic rings. The van der Waals surface area contributed by atoms with E-state index in [1.54, 1.807) is 0 Å². The molecule has 1 N–H and O–H groups in total. The van der Waals surface area contributed by atoms with Gasteiger partial charge in [0.2, 0.25) is 0 Å². The van der Waals surface area contributed by atoms with Crippen LogP contribution in [0.2, 0.25) is 0 Å². The van der Waals surface area contributed by atoms with E-state index in [1.807, 2.05) is 30.3 Å². The molecule has 0 aliphatic heterocycles. The summed E-state index contributed by atoms with van der Waals surface area (Å²) in [5, 5.41) is 10.5. The van der Waals surface area contributed by atoms with Gasteiger partial charge in [0.1, 0.15) is 0 Å². The van der Waals surface area contributed by atoms with Crippen molar-refractivity contribution in [1.82, 2.24) is 0 Å². The Kier molecular flexibility index (Phi) is 5.03. The Balaban J connectivity index is 2.06. The molecule has 0 radical (unpaired) electrons. The SMILES string of the molecule is Cc1ccc(N(C)CC(C)C(O)c2ccccc2)c(C)c1. The van der Waals surface area contributed by atoms with Crippen molar-refractivity contribution in [2.24, 2.45) is 5.92 Å². The topological polar surface area (TPSA) is 23.5 Å². The molecule has 0 aromatic heterocycles. The normalized spacial score (nSPS) is 13.8. The summed E-state index contributed by atoms with van der Waals surface area (Å²) >= 11 is 0. The Hall–Kier alpha value is -1.80. The van der Waals surface area contributed by atoms with Crippen molar-refractivity contribution in [2.75, 3.05) is 18.5 Å². The van der Waals surface area contributed by atoms with Gasteiger partial charge in [-0.3, -0.25) is 0 Å². The molecule has 21 heavy (non-hydrogen) atoms. The molecule has 0 fully saturated rings. The maximum Gasteiger partial charge on any atom is 0.0832 e. The highest BCUT2D eigenvalue weighted by atomic mass is 16.3. The first-order valence-corrected chi connectivity index (χ1v) is 7.50. The second kappa shape index (κ2) is 6.77. The molecule has 0 saturated carbocycles. The highest BCUT2D eigenvalue weighted by molar-refractivity contribution is 5.53. The molecule has 0 spiro atoms. The number of aryl methyl sites for hydroxylation is 2. The van der Waals surface area contributed by atoms with E-state index in [2.05, 4.69) is 50.9 Å². The third-order valence-corrected chi connectivity index (χ3v) is 4.01. The lowest BCUT2D eigenvalue weighted by molar-refractivity contribution is 0.121. The zero-order valence-electron chi connectivity index (χ0n) is 13.4. The van der Waals surface area contributed by atoms with E-state index >= 15 is 0 Å². The van der Waals surface area contributed by atoms with Crippen LogP contribution in [0, 0.1) is 19.8 Å². The molecule has 0 heterocycles. The molecular formula is C19H25NO. The highest BCUT2D eigenvalue weighted by Crippen LogP contribution is 2.26. The van der Waals surface area contributed by atoms with Crippen molar-refractivity contribution < 1.29 is 5.11 Å². The van der Waals surface area contributed by atoms with Crippen LogP contribution in [0.3, 0.4) is 0 Å². The zero-order chi connectivity index (χ0) is 15.4. The summed E-state index contributed by atoms with van der Waals surface area (Å²) in [6.07, 6.45) is -0.431. The van der Waals surface area contributed by atoms with Crippen LogP contribution in [-0.4, -0.2) is 18.7 Å². The standard InChI is InChI=1S/C19H25NO/c1-14-10-11-18(15(2)12-14)20(4)13-16(3)19(21)17-8-6-5-7-9-17/h5-12,16,19,21H,13H2,1-4H3. The van der Waals surface area contributed by atoms with Crippen LogP contribution >= 0.6 is 0 Å². The third-order valence-electron chi connectivity index (χ3n) is 4.01. The summed E-state index contributed by atoms with van der Waals surface area (Å²) in [5.74, 6) is 0.165. The van der Waals surface area contributed by atoms with Gasteiger partial charge in [-0.25, -0.2) is 0 Å². The zero-order valence-corrected chi connectivity index (χ0v) is 13.4. The number of anilines is 1. The van der Waals surface area contributed by atoms with E-state index in [-0.39, 0.29) is 5.92 Å². The van der Waals surface area contributed by atoms with Crippen molar-refractivity contribution >= 4 is 5.69 Å². The maximum atomic E-state index is 10.5. The molecule has 2 atom stereocenters. The molecule has 2 aromatic rings. The van der Waals surface area contributed by atoms with Crippen LogP contribution in [0.4, 0.5) is 5.69 Å². The van der Waals surface area contributed by atoms with E-state index in [1.165, 1.54) is 16.8 Å². The smallest absolute Gasteiger partial charge is 0.0832 e. The molecule has 0 saturated heterocycles. The van der Waals surface area contributed by atoms with Crippen LogP contribution in [0.15, 0.2) is 48.5 Å². The predicted octanol–water partition coefficient (Wildman–Crippen LogP) is 4.11. The van der Waals surface area contributed by atoms with Gasteiger partial charge in [-0.15, -0.1) is 0 Å². The van der Waals surface area contributed by atoms with Crippen LogP contribution < -0.4 is 4.90 Å². The number of aliphatic hydroxyl groups is 1. The summed E-state index contributed by atoms with van der Waals surface area (Å²) in [6.45, 7) is 7.16. The van der Waals surface area contributed by atoms with E-state index in [9.17, 15) is 5.11 Å². The Bertz CT molecular complexity index is 579. The maximum absolute atomic E-state index is 10.5. The lowest BCUT2D eigenvalue weighted by Crippen LogP contribution is -2.28. The minimum atomic E-state index is -0.431. The average Bonchev–Trinajstić information content (AvgIpc) is 2.47. The molecule has 112 valence electrons. The molecule has 2 unspecified atom stereocenters. The average molecular weight is 283 g/mol. The summed E-state index contributed by atoms with van der Waals surface area (Å²) in [7, 11) is 2.09.